The third kappa shape index (κ3) is 5.32. The monoisotopic (exact) mass is 247 g/mol. The maximum Gasteiger partial charge on any atom is 0.441 e. The van der Waals surface area contributed by atoms with Crippen LogP contribution in [0.25, 0.3) is 0 Å². The first-order valence-electron chi connectivity index (χ1n) is 4.53. The Morgan fingerprint density at radius 3 is 2.36 bits per heavy atom. The van der Waals surface area contributed by atoms with E-state index in [1.165, 1.54) is 0 Å². The molecule has 14 heavy (non-hydrogen) atoms. The number of rotatable bonds is 6. The van der Waals surface area contributed by atoms with E-state index in [0.717, 1.165) is 12.8 Å². The van der Waals surface area contributed by atoms with Gasteiger partial charge in [-0.3, -0.25) is 4.90 Å². The lowest BCUT2D eigenvalue weighted by Crippen LogP contribution is -2.30. The van der Waals surface area contributed by atoms with E-state index in [1.54, 1.807) is 0 Å². The van der Waals surface area contributed by atoms with Crippen LogP contribution in [0.1, 0.15) is 12.8 Å². The van der Waals surface area contributed by atoms with Gasteiger partial charge in [-0.05, 0) is 24.6 Å². The van der Waals surface area contributed by atoms with Gasteiger partial charge in [-0.1, -0.05) is 0 Å². The summed E-state index contributed by atoms with van der Waals surface area (Å²) in [6, 6.07) is 0.489. The number of hydrogen-bond donors (Lipinski definition) is 0. The fourth-order valence-electron chi connectivity index (χ4n) is 1.30. The third-order valence-electron chi connectivity index (χ3n) is 2.08. The second-order valence-electron chi connectivity index (χ2n) is 3.25. The predicted octanol–water partition coefficient (Wildman–Crippen LogP) is 2.94. The summed E-state index contributed by atoms with van der Waals surface area (Å²) in [5, 5.41) is 0. The van der Waals surface area contributed by atoms with Gasteiger partial charge in [0, 0.05) is 30.8 Å². The van der Waals surface area contributed by atoms with Crippen molar-refractivity contribution in [3.05, 3.63) is 0 Å². The predicted molar refractivity (Wildman–Crippen MR) is 53.8 cm³/mol. The standard InChI is InChI=1S/C8H13ClF3NS/c9-3-4-13(7-1-2-7)5-6-14-8(10,11)12/h7H,1-6H2. The Kier molecular flexibility index (Phi) is 4.87. The summed E-state index contributed by atoms with van der Waals surface area (Å²) in [6.45, 7) is 1.19. The van der Waals surface area contributed by atoms with Crippen LogP contribution in [-0.4, -0.2) is 41.2 Å². The highest BCUT2D eigenvalue weighted by molar-refractivity contribution is 8.00. The first kappa shape index (κ1) is 12.5. The van der Waals surface area contributed by atoms with Gasteiger partial charge >= 0.3 is 5.51 Å². The van der Waals surface area contributed by atoms with Crippen LogP contribution in [0, 0.1) is 0 Å². The molecule has 0 aromatic heterocycles. The summed E-state index contributed by atoms with van der Waals surface area (Å²) in [5.74, 6) is 0.601. The molecule has 1 fully saturated rings. The molecule has 1 nitrogen and oxygen atoms in total. The van der Waals surface area contributed by atoms with E-state index in [-0.39, 0.29) is 17.5 Å². The molecule has 0 amide bonds. The highest BCUT2D eigenvalue weighted by atomic mass is 35.5. The molecule has 1 aliphatic rings. The van der Waals surface area contributed by atoms with Crippen LogP contribution >= 0.6 is 23.4 Å². The van der Waals surface area contributed by atoms with Gasteiger partial charge < -0.3 is 0 Å². The molecule has 0 unspecified atom stereocenters. The van der Waals surface area contributed by atoms with Crippen molar-refractivity contribution in [2.45, 2.75) is 24.4 Å². The van der Waals surface area contributed by atoms with Gasteiger partial charge in [0.25, 0.3) is 0 Å². The van der Waals surface area contributed by atoms with Gasteiger partial charge in [-0.15, -0.1) is 11.6 Å². The van der Waals surface area contributed by atoms with Crippen molar-refractivity contribution in [3.63, 3.8) is 0 Å². The first-order chi connectivity index (χ1) is 6.53. The molecular formula is C8H13ClF3NS. The molecule has 0 aromatic rings. The number of halogens is 4. The molecule has 0 saturated heterocycles. The molecule has 0 N–H and O–H groups in total. The second-order valence-corrected chi connectivity index (χ2v) is 4.79. The Morgan fingerprint density at radius 1 is 1.29 bits per heavy atom. The molecule has 0 spiro atoms. The summed E-state index contributed by atoms with van der Waals surface area (Å²) in [6.07, 6.45) is 2.21. The van der Waals surface area contributed by atoms with E-state index < -0.39 is 5.51 Å². The van der Waals surface area contributed by atoms with Crippen LogP contribution in [0.5, 0.6) is 0 Å². The molecule has 0 bridgehead atoms. The van der Waals surface area contributed by atoms with Gasteiger partial charge in [-0.2, -0.15) is 13.2 Å². The number of hydrogen-bond acceptors (Lipinski definition) is 2. The minimum atomic E-state index is -4.10. The zero-order valence-electron chi connectivity index (χ0n) is 7.69. The Hall–Kier alpha value is 0.390. The highest BCUT2D eigenvalue weighted by Gasteiger charge is 2.31. The van der Waals surface area contributed by atoms with Crippen molar-refractivity contribution >= 4 is 23.4 Å². The van der Waals surface area contributed by atoms with Crippen LogP contribution in [0.3, 0.4) is 0 Å². The van der Waals surface area contributed by atoms with Gasteiger partial charge in [0.2, 0.25) is 0 Å². The van der Waals surface area contributed by atoms with Crippen LogP contribution in [0.15, 0.2) is 0 Å². The van der Waals surface area contributed by atoms with Crippen molar-refractivity contribution in [2.24, 2.45) is 0 Å². The third-order valence-corrected chi connectivity index (χ3v) is 2.96. The molecule has 84 valence electrons. The molecule has 0 heterocycles. The van der Waals surface area contributed by atoms with Crippen molar-refractivity contribution in [2.75, 3.05) is 24.7 Å². The Labute approximate surface area is 91.0 Å². The van der Waals surface area contributed by atoms with E-state index in [0.29, 0.717) is 25.0 Å². The summed E-state index contributed by atoms with van der Waals surface area (Å²) in [4.78, 5) is 2.05. The SMILES string of the molecule is FC(F)(F)SCCN(CCCl)C1CC1. The Balaban J connectivity index is 2.13. The highest BCUT2D eigenvalue weighted by Crippen LogP contribution is 2.31. The molecule has 0 aromatic carbocycles. The minimum absolute atomic E-state index is 0.0482. The van der Waals surface area contributed by atoms with E-state index in [4.69, 9.17) is 11.6 Å². The van der Waals surface area contributed by atoms with Crippen molar-refractivity contribution in [1.82, 2.24) is 4.90 Å². The average Bonchev–Trinajstić information content (AvgIpc) is 2.83. The van der Waals surface area contributed by atoms with E-state index in [2.05, 4.69) is 0 Å². The molecule has 1 saturated carbocycles. The van der Waals surface area contributed by atoms with Crippen LogP contribution in [0.2, 0.25) is 0 Å². The second kappa shape index (κ2) is 5.47. The lowest BCUT2D eigenvalue weighted by molar-refractivity contribution is -0.0328. The number of alkyl halides is 4. The lowest BCUT2D eigenvalue weighted by atomic mass is 10.5. The Bertz CT molecular complexity index is 172. The number of nitrogens with zero attached hydrogens (tertiary/aromatic N) is 1. The fraction of sp³-hybridized carbons (Fsp3) is 1.00. The van der Waals surface area contributed by atoms with Crippen molar-refractivity contribution in [1.29, 1.82) is 0 Å². The largest absolute Gasteiger partial charge is 0.441 e. The van der Waals surface area contributed by atoms with Gasteiger partial charge in [0.1, 0.15) is 0 Å². The fourth-order valence-corrected chi connectivity index (χ4v) is 2.08. The topological polar surface area (TPSA) is 3.24 Å². The van der Waals surface area contributed by atoms with Crippen molar-refractivity contribution < 1.29 is 13.2 Å². The summed E-state index contributed by atoms with van der Waals surface area (Å²) in [7, 11) is 0. The van der Waals surface area contributed by atoms with E-state index in [9.17, 15) is 13.2 Å². The molecule has 6 heteroatoms. The number of thioether (sulfide) groups is 1. The van der Waals surface area contributed by atoms with E-state index >= 15 is 0 Å². The zero-order valence-corrected chi connectivity index (χ0v) is 9.26. The molecule has 1 rings (SSSR count). The molecule has 1 aliphatic carbocycles. The van der Waals surface area contributed by atoms with Crippen LogP contribution in [-0.2, 0) is 0 Å². The maximum absolute atomic E-state index is 11.8. The zero-order chi connectivity index (χ0) is 10.6. The molecular weight excluding hydrogens is 235 g/mol. The first-order valence-corrected chi connectivity index (χ1v) is 6.05. The summed E-state index contributed by atoms with van der Waals surface area (Å²) in [5.41, 5.74) is -4.10. The normalized spacial score (nSPS) is 17.8. The van der Waals surface area contributed by atoms with Crippen LogP contribution < -0.4 is 0 Å². The van der Waals surface area contributed by atoms with Gasteiger partial charge in [0.05, 0.1) is 0 Å². The van der Waals surface area contributed by atoms with Crippen molar-refractivity contribution in [3.8, 4) is 0 Å². The lowest BCUT2D eigenvalue weighted by Gasteiger charge is -2.20. The maximum atomic E-state index is 11.8. The van der Waals surface area contributed by atoms with Gasteiger partial charge in [0.15, 0.2) is 0 Å². The van der Waals surface area contributed by atoms with E-state index in [1.807, 2.05) is 4.90 Å². The van der Waals surface area contributed by atoms with Gasteiger partial charge in [-0.25, -0.2) is 0 Å². The summed E-state index contributed by atoms with van der Waals surface area (Å²) < 4.78 is 35.5. The molecule has 0 radical (unpaired) electrons. The molecule has 0 atom stereocenters. The molecule has 0 aliphatic heterocycles. The smallest absolute Gasteiger partial charge is 0.298 e. The Morgan fingerprint density at radius 2 is 1.93 bits per heavy atom. The average molecular weight is 248 g/mol. The quantitative estimate of drug-likeness (QED) is 0.664. The summed E-state index contributed by atoms with van der Waals surface area (Å²) >= 11 is 5.61. The van der Waals surface area contributed by atoms with Crippen LogP contribution in [0.4, 0.5) is 13.2 Å². The minimum Gasteiger partial charge on any atom is -0.298 e.